The number of hydrogen-bond acceptors (Lipinski definition) is 3. The molecule has 1 heterocycles. The van der Waals surface area contributed by atoms with Gasteiger partial charge in [-0.1, -0.05) is 23.2 Å². The number of carbonyl (C=O) groups excluding carboxylic acids is 1. The summed E-state index contributed by atoms with van der Waals surface area (Å²) in [4.78, 5) is 15.4. The Bertz CT molecular complexity index is 642. The standard InChI is InChI=1S/C15H15Cl2NO2S/c1-3-18(9-11-5-7-14(17)21-11)15(19)12-8-10(16)4-6-13(12)20-2/h4-8H,3,9H2,1-2H3. The highest BCUT2D eigenvalue weighted by atomic mass is 35.5. The number of rotatable bonds is 5. The first kappa shape index (κ1) is 16.1. The minimum Gasteiger partial charge on any atom is -0.496 e. The maximum absolute atomic E-state index is 12.7. The summed E-state index contributed by atoms with van der Waals surface area (Å²) >= 11 is 13.4. The number of methoxy groups -OCH3 is 1. The molecule has 2 rings (SSSR count). The summed E-state index contributed by atoms with van der Waals surface area (Å²) in [7, 11) is 1.54. The van der Waals surface area contributed by atoms with Crippen molar-refractivity contribution < 1.29 is 9.53 Å². The zero-order chi connectivity index (χ0) is 15.4. The largest absolute Gasteiger partial charge is 0.496 e. The van der Waals surface area contributed by atoms with Crippen molar-refractivity contribution in [2.24, 2.45) is 0 Å². The summed E-state index contributed by atoms with van der Waals surface area (Å²) in [5.74, 6) is 0.411. The highest BCUT2D eigenvalue weighted by Crippen LogP contribution is 2.26. The highest BCUT2D eigenvalue weighted by molar-refractivity contribution is 7.16. The third-order valence-electron chi connectivity index (χ3n) is 3.04. The molecule has 0 unspecified atom stereocenters. The highest BCUT2D eigenvalue weighted by Gasteiger charge is 2.19. The zero-order valence-corrected chi connectivity index (χ0v) is 14.1. The van der Waals surface area contributed by atoms with Gasteiger partial charge in [0, 0.05) is 16.4 Å². The van der Waals surface area contributed by atoms with Gasteiger partial charge in [-0.15, -0.1) is 11.3 Å². The van der Waals surface area contributed by atoms with Crippen LogP contribution in [0.25, 0.3) is 0 Å². The van der Waals surface area contributed by atoms with E-state index in [1.165, 1.54) is 18.4 Å². The lowest BCUT2D eigenvalue weighted by molar-refractivity contribution is 0.0751. The number of carbonyl (C=O) groups is 1. The van der Waals surface area contributed by atoms with Crippen molar-refractivity contribution in [3.8, 4) is 5.75 Å². The Morgan fingerprint density at radius 3 is 2.62 bits per heavy atom. The molecule has 0 bridgehead atoms. The summed E-state index contributed by atoms with van der Waals surface area (Å²) in [6.45, 7) is 3.04. The van der Waals surface area contributed by atoms with Gasteiger partial charge in [-0.3, -0.25) is 4.79 Å². The number of hydrogen-bond donors (Lipinski definition) is 0. The van der Waals surface area contributed by atoms with Crippen molar-refractivity contribution in [1.29, 1.82) is 0 Å². The van der Waals surface area contributed by atoms with E-state index >= 15 is 0 Å². The second kappa shape index (κ2) is 7.16. The topological polar surface area (TPSA) is 29.5 Å². The van der Waals surface area contributed by atoms with E-state index in [9.17, 15) is 4.79 Å². The van der Waals surface area contributed by atoms with Gasteiger partial charge in [0.2, 0.25) is 0 Å². The fourth-order valence-corrected chi connectivity index (χ4v) is 3.25. The minimum absolute atomic E-state index is 0.110. The van der Waals surface area contributed by atoms with Gasteiger partial charge in [-0.05, 0) is 37.3 Å². The molecule has 0 radical (unpaired) electrons. The van der Waals surface area contributed by atoms with Crippen molar-refractivity contribution >= 4 is 40.4 Å². The van der Waals surface area contributed by atoms with E-state index in [2.05, 4.69) is 0 Å². The molecule has 0 saturated heterocycles. The smallest absolute Gasteiger partial charge is 0.257 e. The molecule has 0 fully saturated rings. The van der Waals surface area contributed by atoms with Gasteiger partial charge < -0.3 is 9.64 Å². The molecule has 6 heteroatoms. The molecule has 1 amide bonds. The van der Waals surface area contributed by atoms with Crippen molar-refractivity contribution in [3.05, 3.63) is 50.1 Å². The van der Waals surface area contributed by atoms with Crippen molar-refractivity contribution in [3.63, 3.8) is 0 Å². The fraction of sp³-hybridized carbons (Fsp3) is 0.267. The average molecular weight is 344 g/mol. The van der Waals surface area contributed by atoms with Crippen LogP contribution >= 0.6 is 34.5 Å². The second-order valence-corrected chi connectivity index (χ2v) is 6.61. The normalized spacial score (nSPS) is 10.5. The van der Waals surface area contributed by atoms with Gasteiger partial charge in [-0.25, -0.2) is 0 Å². The first-order valence-corrected chi connectivity index (χ1v) is 7.99. The molecular weight excluding hydrogens is 329 g/mol. The molecule has 0 atom stereocenters. The van der Waals surface area contributed by atoms with Gasteiger partial charge in [0.15, 0.2) is 0 Å². The van der Waals surface area contributed by atoms with Crippen LogP contribution in [-0.4, -0.2) is 24.5 Å². The number of nitrogens with zero attached hydrogens (tertiary/aromatic N) is 1. The summed E-state index contributed by atoms with van der Waals surface area (Å²) in [5.41, 5.74) is 0.467. The van der Waals surface area contributed by atoms with Gasteiger partial charge in [0.05, 0.1) is 23.6 Å². The summed E-state index contributed by atoms with van der Waals surface area (Å²) in [6, 6.07) is 8.79. The zero-order valence-electron chi connectivity index (χ0n) is 11.7. The average Bonchev–Trinajstić information content (AvgIpc) is 2.89. The molecule has 0 aliphatic rings. The third kappa shape index (κ3) is 3.90. The molecule has 0 spiro atoms. The predicted molar refractivity (Wildman–Crippen MR) is 87.7 cm³/mol. The number of ether oxygens (including phenoxy) is 1. The fourth-order valence-electron chi connectivity index (χ4n) is 1.97. The number of thiophene rings is 1. The van der Waals surface area contributed by atoms with Crippen molar-refractivity contribution in [1.82, 2.24) is 4.90 Å². The molecule has 0 aliphatic heterocycles. The Morgan fingerprint density at radius 1 is 1.29 bits per heavy atom. The molecule has 2 aromatic rings. The number of amides is 1. The maximum Gasteiger partial charge on any atom is 0.257 e. The Hall–Kier alpha value is -1.23. The van der Waals surface area contributed by atoms with Gasteiger partial charge in [0.25, 0.3) is 5.91 Å². The maximum atomic E-state index is 12.7. The molecule has 0 aliphatic carbocycles. The lowest BCUT2D eigenvalue weighted by atomic mass is 10.1. The molecule has 0 saturated carbocycles. The Balaban J connectivity index is 2.25. The summed E-state index contributed by atoms with van der Waals surface area (Å²) in [5, 5.41) is 0.509. The van der Waals surface area contributed by atoms with E-state index in [1.54, 1.807) is 23.1 Å². The molecule has 3 nitrogen and oxygen atoms in total. The molecule has 1 aromatic carbocycles. The van der Waals surface area contributed by atoms with Crippen LogP contribution in [0.15, 0.2) is 30.3 Å². The summed E-state index contributed by atoms with van der Waals surface area (Å²) in [6.07, 6.45) is 0. The lowest BCUT2D eigenvalue weighted by Crippen LogP contribution is -2.30. The van der Waals surface area contributed by atoms with Crippen LogP contribution < -0.4 is 4.74 Å². The van der Waals surface area contributed by atoms with E-state index in [1.807, 2.05) is 19.1 Å². The van der Waals surface area contributed by atoms with E-state index in [0.717, 1.165) is 4.88 Å². The molecule has 21 heavy (non-hydrogen) atoms. The van der Waals surface area contributed by atoms with Crippen LogP contribution in [0.5, 0.6) is 5.75 Å². The first-order chi connectivity index (χ1) is 10.0. The third-order valence-corrected chi connectivity index (χ3v) is 4.49. The lowest BCUT2D eigenvalue weighted by Gasteiger charge is -2.21. The second-order valence-electron chi connectivity index (χ2n) is 4.37. The Kier molecular flexibility index (Phi) is 5.51. The van der Waals surface area contributed by atoms with Gasteiger partial charge >= 0.3 is 0 Å². The minimum atomic E-state index is -0.110. The van der Waals surface area contributed by atoms with Crippen molar-refractivity contribution in [2.45, 2.75) is 13.5 Å². The van der Waals surface area contributed by atoms with E-state index in [4.69, 9.17) is 27.9 Å². The summed E-state index contributed by atoms with van der Waals surface area (Å²) < 4.78 is 5.96. The number of halogens is 2. The van der Waals surface area contributed by atoms with Crippen LogP contribution in [0.1, 0.15) is 22.2 Å². The molecule has 112 valence electrons. The SMILES string of the molecule is CCN(Cc1ccc(Cl)s1)C(=O)c1cc(Cl)ccc1OC. The van der Waals surface area contributed by atoms with Gasteiger partial charge in [-0.2, -0.15) is 0 Å². The quantitative estimate of drug-likeness (QED) is 0.785. The van der Waals surface area contributed by atoms with Gasteiger partial charge in [0.1, 0.15) is 5.75 Å². The Labute approximate surface area is 138 Å². The van der Waals surface area contributed by atoms with Crippen molar-refractivity contribution in [2.75, 3.05) is 13.7 Å². The van der Waals surface area contributed by atoms with Crippen LogP contribution in [-0.2, 0) is 6.54 Å². The first-order valence-electron chi connectivity index (χ1n) is 6.42. The van der Waals surface area contributed by atoms with E-state index < -0.39 is 0 Å². The molecule has 0 N–H and O–H groups in total. The van der Waals surface area contributed by atoms with E-state index in [-0.39, 0.29) is 5.91 Å². The van der Waals surface area contributed by atoms with Crippen LogP contribution in [0.3, 0.4) is 0 Å². The Morgan fingerprint density at radius 2 is 2.05 bits per heavy atom. The van der Waals surface area contributed by atoms with Crippen LogP contribution in [0.2, 0.25) is 9.36 Å². The monoisotopic (exact) mass is 343 g/mol. The van der Waals surface area contributed by atoms with Crippen LogP contribution in [0, 0.1) is 0 Å². The molecule has 1 aromatic heterocycles. The van der Waals surface area contributed by atoms with E-state index in [0.29, 0.717) is 33.8 Å². The predicted octanol–water partition coefficient (Wildman–Crippen LogP) is 4.73. The number of benzene rings is 1. The molecular formula is C15H15Cl2NO2S. The van der Waals surface area contributed by atoms with Crippen LogP contribution in [0.4, 0.5) is 0 Å².